The topological polar surface area (TPSA) is 41.6 Å². The second-order valence-corrected chi connectivity index (χ2v) is 6.70. The van der Waals surface area contributed by atoms with E-state index in [-0.39, 0.29) is 11.7 Å². The predicted molar refractivity (Wildman–Crippen MR) is 71.4 cm³/mol. The van der Waals surface area contributed by atoms with Gasteiger partial charge in [0.25, 0.3) is 0 Å². The van der Waals surface area contributed by atoms with Gasteiger partial charge in [-0.15, -0.1) is 0 Å². The van der Waals surface area contributed by atoms with E-state index in [2.05, 4.69) is 5.32 Å². The van der Waals surface area contributed by atoms with Gasteiger partial charge in [0.15, 0.2) is 0 Å². The van der Waals surface area contributed by atoms with Crippen molar-refractivity contribution < 1.29 is 9.53 Å². The van der Waals surface area contributed by atoms with E-state index >= 15 is 0 Å². The molecule has 104 valence electrons. The molecule has 1 unspecified atom stereocenters. The van der Waals surface area contributed by atoms with Crippen molar-refractivity contribution in [2.45, 2.75) is 39.2 Å². The molecule has 1 N–H and O–H groups in total. The molecular weight excluding hydrogens is 228 g/mol. The van der Waals surface area contributed by atoms with Gasteiger partial charge < -0.3 is 15.0 Å². The molecule has 2 rings (SSSR count). The predicted octanol–water partition coefficient (Wildman–Crippen LogP) is 2.10. The van der Waals surface area contributed by atoms with Crippen molar-refractivity contribution in [2.24, 2.45) is 17.8 Å². The molecule has 0 aromatic rings. The Hall–Kier alpha value is -0.770. The van der Waals surface area contributed by atoms with Crippen molar-refractivity contribution in [3.05, 3.63) is 0 Å². The van der Waals surface area contributed by atoms with E-state index < -0.39 is 0 Å². The van der Waals surface area contributed by atoms with Crippen LogP contribution < -0.4 is 5.32 Å². The Kier molecular flexibility index (Phi) is 3.85. The Bertz CT molecular complexity index is 301. The third kappa shape index (κ3) is 3.37. The van der Waals surface area contributed by atoms with Crippen LogP contribution in [0.3, 0.4) is 0 Å². The molecule has 2 aliphatic rings. The minimum atomic E-state index is -0.386. The molecule has 1 aliphatic heterocycles. The maximum absolute atomic E-state index is 11.8. The Morgan fingerprint density at radius 1 is 1.33 bits per heavy atom. The van der Waals surface area contributed by atoms with Gasteiger partial charge in [-0.25, -0.2) is 4.79 Å². The quantitative estimate of drug-likeness (QED) is 0.835. The summed E-state index contributed by atoms with van der Waals surface area (Å²) < 4.78 is 5.38. The van der Waals surface area contributed by atoms with Gasteiger partial charge in [-0.3, -0.25) is 0 Å². The summed E-state index contributed by atoms with van der Waals surface area (Å²) in [5.41, 5.74) is -0.386. The fourth-order valence-electron chi connectivity index (χ4n) is 2.74. The minimum Gasteiger partial charge on any atom is -0.444 e. The molecule has 4 nitrogen and oxygen atoms in total. The molecule has 18 heavy (non-hydrogen) atoms. The lowest BCUT2D eigenvalue weighted by atomic mass is 9.82. The van der Waals surface area contributed by atoms with E-state index in [0.29, 0.717) is 5.92 Å². The number of amides is 1. The van der Waals surface area contributed by atoms with Crippen LogP contribution >= 0.6 is 0 Å². The summed E-state index contributed by atoms with van der Waals surface area (Å²) in [6, 6.07) is 0. The second-order valence-electron chi connectivity index (χ2n) is 6.70. The van der Waals surface area contributed by atoms with Gasteiger partial charge in [-0.2, -0.15) is 0 Å². The largest absolute Gasteiger partial charge is 0.444 e. The zero-order valence-corrected chi connectivity index (χ0v) is 12.0. The first-order chi connectivity index (χ1) is 8.40. The SMILES string of the molecule is CNCC(C1CC1)C1CN(C(=O)OC(C)(C)C)C1. The van der Waals surface area contributed by atoms with Crippen molar-refractivity contribution in [1.82, 2.24) is 10.2 Å². The van der Waals surface area contributed by atoms with Crippen LogP contribution in [0.15, 0.2) is 0 Å². The lowest BCUT2D eigenvalue weighted by molar-refractivity contribution is -0.0128. The molecule has 0 aromatic carbocycles. The van der Waals surface area contributed by atoms with Crippen molar-refractivity contribution in [1.29, 1.82) is 0 Å². The first-order valence-electron chi connectivity index (χ1n) is 7.03. The average Bonchev–Trinajstić information content (AvgIpc) is 2.93. The number of hydrogen-bond donors (Lipinski definition) is 1. The normalized spacial score (nSPS) is 22.6. The number of nitrogens with one attached hydrogen (secondary N) is 1. The third-order valence-corrected chi connectivity index (χ3v) is 3.83. The monoisotopic (exact) mass is 254 g/mol. The lowest BCUT2D eigenvalue weighted by Crippen LogP contribution is -2.55. The first kappa shape index (κ1) is 13.7. The number of likely N-dealkylation sites (tertiary alicyclic amines) is 1. The number of rotatable bonds is 4. The van der Waals surface area contributed by atoms with Crippen LogP contribution in [0.5, 0.6) is 0 Å². The van der Waals surface area contributed by atoms with E-state index in [1.807, 2.05) is 32.7 Å². The highest BCUT2D eigenvalue weighted by molar-refractivity contribution is 5.69. The maximum Gasteiger partial charge on any atom is 0.410 e. The average molecular weight is 254 g/mol. The molecule has 1 atom stereocenters. The maximum atomic E-state index is 11.8. The summed E-state index contributed by atoms with van der Waals surface area (Å²) >= 11 is 0. The van der Waals surface area contributed by atoms with Gasteiger partial charge in [-0.05, 0) is 65.0 Å². The second kappa shape index (κ2) is 5.08. The molecule has 0 aromatic heterocycles. The Labute approximate surface area is 110 Å². The highest BCUT2D eigenvalue weighted by atomic mass is 16.6. The van der Waals surface area contributed by atoms with Crippen LogP contribution in [0.2, 0.25) is 0 Å². The highest BCUT2D eigenvalue weighted by Gasteiger charge is 2.43. The molecule has 1 saturated carbocycles. The molecule has 0 bridgehead atoms. The standard InChI is InChI=1S/C14H26N2O2/c1-14(2,3)18-13(17)16-8-11(9-16)12(7-15-4)10-5-6-10/h10-12,15H,5-9H2,1-4H3. The smallest absolute Gasteiger partial charge is 0.410 e. The zero-order chi connectivity index (χ0) is 13.3. The van der Waals surface area contributed by atoms with Crippen molar-refractivity contribution in [3.8, 4) is 0 Å². The van der Waals surface area contributed by atoms with Crippen LogP contribution in [0.25, 0.3) is 0 Å². The Morgan fingerprint density at radius 3 is 2.39 bits per heavy atom. The van der Waals surface area contributed by atoms with Crippen molar-refractivity contribution in [3.63, 3.8) is 0 Å². The zero-order valence-electron chi connectivity index (χ0n) is 12.0. The third-order valence-electron chi connectivity index (χ3n) is 3.83. The minimum absolute atomic E-state index is 0.155. The number of ether oxygens (including phenoxy) is 1. The molecule has 1 saturated heterocycles. The highest BCUT2D eigenvalue weighted by Crippen LogP contribution is 2.43. The molecule has 2 fully saturated rings. The van der Waals surface area contributed by atoms with Crippen LogP contribution in [0, 0.1) is 17.8 Å². The van der Waals surface area contributed by atoms with Gasteiger partial charge in [-0.1, -0.05) is 0 Å². The van der Waals surface area contributed by atoms with E-state index in [0.717, 1.165) is 31.5 Å². The molecule has 0 spiro atoms. The molecule has 4 heteroatoms. The molecule has 1 aliphatic carbocycles. The lowest BCUT2D eigenvalue weighted by Gasteiger charge is -2.43. The van der Waals surface area contributed by atoms with E-state index in [4.69, 9.17) is 4.74 Å². The number of carbonyl (C=O) groups is 1. The van der Waals surface area contributed by atoms with Crippen molar-refractivity contribution >= 4 is 6.09 Å². The van der Waals surface area contributed by atoms with E-state index in [1.54, 1.807) is 0 Å². The number of hydrogen-bond acceptors (Lipinski definition) is 3. The van der Waals surface area contributed by atoms with Crippen LogP contribution in [-0.4, -0.2) is 43.3 Å². The summed E-state index contributed by atoms with van der Waals surface area (Å²) in [7, 11) is 2.01. The van der Waals surface area contributed by atoms with E-state index in [1.165, 1.54) is 12.8 Å². The molecular formula is C14H26N2O2. The van der Waals surface area contributed by atoms with Gasteiger partial charge in [0.05, 0.1) is 0 Å². The van der Waals surface area contributed by atoms with Crippen LogP contribution in [0.1, 0.15) is 33.6 Å². The van der Waals surface area contributed by atoms with Crippen molar-refractivity contribution in [2.75, 3.05) is 26.7 Å². The summed E-state index contributed by atoms with van der Waals surface area (Å²) in [4.78, 5) is 13.7. The number of nitrogens with zero attached hydrogens (tertiary/aromatic N) is 1. The summed E-state index contributed by atoms with van der Waals surface area (Å²) in [5.74, 6) is 2.30. The van der Waals surface area contributed by atoms with Crippen LogP contribution in [-0.2, 0) is 4.74 Å². The molecule has 0 radical (unpaired) electrons. The number of carbonyl (C=O) groups excluding carboxylic acids is 1. The Balaban J connectivity index is 1.76. The van der Waals surface area contributed by atoms with Gasteiger partial charge in [0.2, 0.25) is 0 Å². The molecule has 1 amide bonds. The van der Waals surface area contributed by atoms with Gasteiger partial charge >= 0.3 is 6.09 Å². The first-order valence-corrected chi connectivity index (χ1v) is 7.03. The van der Waals surface area contributed by atoms with E-state index in [9.17, 15) is 4.79 Å². The fourth-order valence-corrected chi connectivity index (χ4v) is 2.74. The summed E-state index contributed by atoms with van der Waals surface area (Å²) in [6.07, 6.45) is 2.59. The van der Waals surface area contributed by atoms with Gasteiger partial charge in [0, 0.05) is 13.1 Å². The van der Waals surface area contributed by atoms with Gasteiger partial charge in [0.1, 0.15) is 5.60 Å². The summed E-state index contributed by atoms with van der Waals surface area (Å²) in [5, 5.41) is 3.29. The fraction of sp³-hybridized carbons (Fsp3) is 0.929. The summed E-state index contributed by atoms with van der Waals surface area (Å²) in [6.45, 7) is 8.57. The Morgan fingerprint density at radius 2 is 1.94 bits per heavy atom. The van der Waals surface area contributed by atoms with Crippen LogP contribution in [0.4, 0.5) is 4.79 Å². The molecule has 1 heterocycles.